The van der Waals surface area contributed by atoms with Gasteiger partial charge in [-0.2, -0.15) is 0 Å². The molecule has 0 aliphatic heterocycles. The lowest BCUT2D eigenvalue weighted by atomic mass is 9.97. The number of hydrogen-bond acceptors (Lipinski definition) is 1. The number of ketones is 1. The van der Waals surface area contributed by atoms with E-state index >= 15 is 0 Å². The lowest BCUT2D eigenvalue weighted by molar-refractivity contribution is -0.121. The van der Waals surface area contributed by atoms with Crippen molar-refractivity contribution in [3.05, 3.63) is 34.3 Å². The molecule has 0 amide bonds. The fourth-order valence-electron chi connectivity index (χ4n) is 1.42. The van der Waals surface area contributed by atoms with E-state index in [1.54, 1.807) is 0 Å². The van der Waals surface area contributed by atoms with Gasteiger partial charge in [0.2, 0.25) is 0 Å². The van der Waals surface area contributed by atoms with Crippen molar-refractivity contribution in [2.75, 3.05) is 0 Å². The van der Waals surface area contributed by atoms with E-state index in [1.165, 1.54) is 0 Å². The molecule has 1 rings (SSSR count). The fraction of sp³-hybridized carbons (Fsp3) is 0.462. The van der Waals surface area contributed by atoms with Gasteiger partial charge in [-0.3, -0.25) is 4.79 Å². The first-order valence-electron chi connectivity index (χ1n) is 5.32. The zero-order chi connectivity index (χ0) is 11.4. The topological polar surface area (TPSA) is 17.1 Å². The van der Waals surface area contributed by atoms with Crippen LogP contribution in [-0.2, 0) is 11.2 Å². The van der Waals surface area contributed by atoms with Crippen LogP contribution in [-0.4, -0.2) is 5.78 Å². The number of hydrogen-bond donors (Lipinski definition) is 0. The van der Waals surface area contributed by atoms with Crippen LogP contribution in [0.2, 0.25) is 5.02 Å². The van der Waals surface area contributed by atoms with Crippen LogP contribution in [0.1, 0.15) is 31.4 Å². The Hall–Kier alpha value is -0.820. The van der Waals surface area contributed by atoms with Gasteiger partial charge in [-0.05, 0) is 30.5 Å². The molecule has 1 unspecified atom stereocenters. The van der Waals surface area contributed by atoms with E-state index < -0.39 is 0 Å². The van der Waals surface area contributed by atoms with E-state index in [4.69, 9.17) is 11.6 Å². The molecule has 0 radical (unpaired) electrons. The van der Waals surface area contributed by atoms with E-state index in [2.05, 4.69) is 0 Å². The van der Waals surface area contributed by atoms with Gasteiger partial charge in [0.1, 0.15) is 5.78 Å². The molecule has 1 atom stereocenters. The molecule has 1 nitrogen and oxygen atoms in total. The van der Waals surface area contributed by atoms with Gasteiger partial charge in [-0.1, -0.05) is 37.6 Å². The normalized spacial score (nSPS) is 12.5. The highest BCUT2D eigenvalue weighted by Gasteiger charge is 2.11. The standard InChI is InChI=1S/C13H17ClO/c1-4-9(2)13(15)8-11-5-6-12(14)10(3)7-11/h5-7,9H,4,8H2,1-3H3. The lowest BCUT2D eigenvalue weighted by Gasteiger charge is -2.08. The minimum atomic E-state index is 0.154. The van der Waals surface area contributed by atoms with Crippen molar-refractivity contribution < 1.29 is 4.79 Å². The maximum absolute atomic E-state index is 11.7. The van der Waals surface area contributed by atoms with Gasteiger partial charge in [0.15, 0.2) is 0 Å². The third-order valence-electron chi connectivity index (χ3n) is 2.76. The molecule has 0 saturated heterocycles. The molecule has 0 aromatic heterocycles. The molecular weight excluding hydrogens is 208 g/mol. The molecule has 0 heterocycles. The summed E-state index contributed by atoms with van der Waals surface area (Å²) in [6.45, 7) is 5.97. The Morgan fingerprint density at radius 1 is 1.47 bits per heavy atom. The van der Waals surface area contributed by atoms with Crippen molar-refractivity contribution in [1.29, 1.82) is 0 Å². The van der Waals surface area contributed by atoms with Crippen molar-refractivity contribution in [3.8, 4) is 0 Å². The summed E-state index contributed by atoms with van der Waals surface area (Å²) in [5.41, 5.74) is 2.09. The molecule has 0 aliphatic carbocycles. The third-order valence-corrected chi connectivity index (χ3v) is 3.19. The van der Waals surface area contributed by atoms with Crippen LogP contribution in [0.15, 0.2) is 18.2 Å². The average molecular weight is 225 g/mol. The zero-order valence-corrected chi connectivity index (χ0v) is 10.3. The number of carbonyl (C=O) groups excluding carboxylic acids is 1. The molecule has 0 fully saturated rings. The molecule has 1 aromatic rings. The highest BCUT2D eigenvalue weighted by Crippen LogP contribution is 2.17. The van der Waals surface area contributed by atoms with E-state index in [0.29, 0.717) is 12.2 Å². The molecule has 0 N–H and O–H groups in total. The third kappa shape index (κ3) is 3.35. The molecule has 0 saturated carbocycles. The Balaban J connectivity index is 2.73. The number of carbonyl (C=O) groups is 1. The average Bonchev–Trinajstić information content (AvgIpc) is 2.22. The van der Waals surface area contributed by atoms with E-state index in [9.17, 15) is 4.79 Å². The second-order valence-electron chi connectivity index (χ2n) is 4.04. The Labute approximate surface area is 96.5 Å². The molecule has 82 valence electrons. The van der Waals surface area contributed by atoms with Crippen LogP contribution in [0.4, 0.5) is 0 Å². The Morgan fingerprint density at radius 3 is 2.67 bits per heavy atom. The first-order valence-corrected chi connectivity index (χ1v) is 5.70. The molecule has 2 heteroatoms. The fourth-order valence-corrected chi connectivity index (χ4v) is 1.54. The van der Waals surface area contributed by atoms with Gasteiger partial charge >= 0.3 is 0 Å². The van der Waals surface area contributed by atoms with Crippen molar-refractivity contribution >= 4 is 17.4 Å². The number of benzene rings is 1. The van der Waals surface area contributed by atoms with Crippen molar-refractivity contribution in [3.63, 3.8) is 0 Å². The Morgan fingerprint density at radius 2 is 2.13 bits per heavy atom. The maximum Gasteiger partial charge on any atom is 0.140 e. The van der Waals surface area contributed by atoms with Gasteiger partial charge in [-0.25, -0.2) is 0 Å². The van der Waals surface area contributed by atoms with Gasteiger partial charge in [0.25, 0.3) is 0 Å². The van der Waals surface area contributed by atoms with Crippen LogP contribution in [0, 0.1) is 12.8 Å². The summed E-state index contributed by atoms with van der Waals surface area (Å²) in [5, 5.41) is 0.759. The van der Waals surface area contributed by atoms with Gasteiger partial charge in [0, 0.05) is 17.4 Å². The quantitative estimate of drug-likeness (QED) is 0.760. The van der Waals surface area contributed by atoms with Crippen LogP contribution in [0.3, 0.4) is 0 Å². The summed E-state index contributed by atoms with van der Waals surface area (Å²) >= 11 is 5.92. The van der Waals surface area contributed by atoms with Gasteiger partial charge in [-0.15, -0.1) is 0 Å². The largest absolute Gasteiger partial charge is 0.299 e. The van der Waals surface area contributed by atoms with Crippen molar-refractivity contribution in [2.24, 2.45) is 5.92 Å². The first-order chi connectivity index (χ1) is 7.04. The van der Waals surface area contributed by atoms with Crippen LogP contribution >= 0.6 is 11.6 Å². The summed E-state index contributed by atoms with van der Waals surface area (Å²) in [4.78, 5) is 11.7. The molecule has 0 bridgehead atoms. The molecular formula is C13H17ClO. The number of rotatable bonds is 4. The lowest BCUT2D eigenvalue weighted by Crippen LogP contribution is -2.12. The Bertz CT molecular complexity index is 358. The molecule has 0 aliphatic rings. The monoisotopic (exact) mass is 224 g/mol. The van der Waals surface area contributed by atoms with Gasteiger partial charge in [0.05, 0.1) is 0 Å². The minimum Gasteiger partial charge on any atom is -0.299 e. The second kappa shape index (κ2) is 5.32. The minimum absolute atomic E-state index is 0.154. The first kappa shape index (κ1) is 12.3. The number of aryl methyl sites for hydroxylation is 1. The summed E-state index contributed by atoms with van der Waals surface area (Å²) < 4.78 is 0. The van der Waals surface area contributed by atoms with Crippen LogP contribution in [0.25, 0.3) is 0 Å². The zero-order valence-electron chi connectivity index (χ0n) is 9.51. The number of halogens is 1. The summed E-state index contributed by atoms with van der Waals surface area (Å²) in [5.74, 6) is 0.459. The van der Waals surface area contributed by atoms with Gasteiger partial charge < -0.3 is 0 Å². The second-order valence-corrected chi connectivity index (χ2v) is 4.44. The smallest absolute Gasteiger partial charge is 0.140 e. The van der Waals surface area contributed by atoms with Crippen molar-refractivity contribution in [2.45, 2.75) is 33.6 Å². The summed E-state index contributed by atoms with van der Waals surface area (Å²) in [7, 11) is 0. The molecule has 1 aromatic carbocycles. The maximum atomic E-state index is 11.7. The van der Waals surface area contributed by atoms with E-state index in [0.717, 1.165) is 22.6 Å². The summed E-state index contributed by atoms with van der Waals surface area (Å²) in [6.07, 6.45) is 1.43. The van der Waals surface area contributed by atoms with E-state index in [1.807, 2.05) is 39.0 Å². The van der Waals surface area contributed by atoms with Crippen LogP contribution in [0.5, 0.6) is 0 Å². The predicted octanol–water partition coefficient (Wildman–Crippen LogP) is 3.81. The highest BCUT2D eigenvalue weighted by molar-refractivity contribution is 6.31. The predicted molar refractivity (Wildman–Crippen MR) is 64.4 cm³/mol. The van der Waals surface area contributed by atoms with Crippen molar-refractivity contribution in [1.82, 2.24) is 0 Å². The molecule has 0 spiro atoms. The van der Waals surface area contributed by atoms with E-state index in [-0.39, 0.29) is 5.92 Å². The molecule has 15 heavy (non-hydrogen) atoms. The summed E-state index contributed by atoms with van der Waals surface area (Å²) in [6, 6.07) is 5.77. The Kier molecular flexibility index (Phi) is 4.34. The SMILES string of the molecule is CCC(C)C(=O)Cc1ccc(Cl)c(C)c1. The van der Waals surface area contributed by atoms with Crippen LogP contribution < -0.4 is 0 Å². The number of Topliss-reactive ketones (excluding diaryl/α,β-unsaturated/α-hetero) is 1. The highest BCUT2D eigenvalue weighted by atomic mass is 35.5.